The largest absolute Gasteiger partial charge is 0.493 e. The molecule has 41 heavy (non-hydrogen) atoms. The summed E-state index contributed by atoms with van der Waals surface area (Å²) < 4.78 is 6.18. The molecule has 0 aliphatic rings. The third-order valence-corrected chi connectivity index (χ3v) is 8.14. The SMILES string of the molecule is CC(C)c1cc(C(C)C)c(-c2cccc3c(CCCOc4cccc5ccccc45)c(C(=O)O)[nH]c23)c(C(C)C)c1. The molecule has 0 spiro atoms. The monoisotopic (exact) mass is 547 g/mol. The Hall–Kier alpha value is -4.05. The maximum absolute atomic E-state index is 12.4. The molecule has 0 saturated heterocycles. The molecule has 0 atom stereocenters. The van der Waals surface area contributed by atoms with Crippen LogP contribution in [0.15, 0.2) is 72.8 Å². The lowest BCUT2D eigenvalue weighted by molar-refractivity contribution is 0.0690. The Kier molecular flexibility index (Phi) is 8.21. The van der Waals surface area contributed by atoms with Crippen molar-refractivity contribution in [2.45, 2.75) is 72.1 Å². The number of rotatable bonds is 10. The van der Waals surface area contributed by atoms with Gasteiger partial charge in [-0.1, -0.05) is 108 Å². The predicted octanol–water partition coefficient (Wildman–Crippen LogP) is 10.1. The highest BCUT2D eigenvalue weighted by atomic mass is 16.5. The number of carboxylic acids is 1. The van der Waals surface area contributed by atoms with Gasteiger partial charge in [-0.05, 0) is 69.9 Å². The number of carboxylic acid groups (broad SMARTS) is 1. The molecule has 0 aliphatic heterocycles. The van der Waals surface area contributed by atoms with Gasteiger partial charge in [0, 0.05) is 16.3 Å². The second-order valence-corrected chi connectivity index (χ2v) is 12.0. The molecule has 4 heteroatoms. The predicted molar refractivity (Wildman–Crippen MR) is 171 cm³/mol. The zero-order valence-corrected chi connectivity index (χ0v) is 25.0. The number of aromatic amines is 1. The number of aromatic nitrogens is 1. The van der Waals surface area contributed by atoms with E-state index in [1.807, 2.05) is 24.3 Å². The van der Waals surface area contributed by atoms with Crippen LogP contribution in [0.5, 0.6) is 5.75 Å². The molecule has 5 aromatic rings. The summed E-state index contributed by atoms with van der Waals surface area (Å²) in [5, 5.41) is 13.4. The van der Waals surface area contributed by atoms with Gasteiger partial charge in [0.2, 0.25) is 0 Å². The van der Waals surface area contributed by atoms with Crippen molar-refractivity contribution in [1.82, 2.24) is 4.98 Å². The second kappa shape index (κ2) is 11.8. The third-order valence-electron chi connectivity index (χ3n) is 8.14. The summed E-state index contributed by atoms with van der Waals surface area (Å²) in [6.07, 6.45) is 1.31. The van der Waals surface area contributed by atoms with Crippen LogP contribution in [0.3, 0.4) is 0 Å². The number of carbonyl (C=O) groups is 1. The molecule has 1 heterocycles. The Bertz CT molecular complexity index is 1670. The summed E-state index contributed by atoms with van der Waals surface area (Å²) in [5.74, 6) is 1.02. The summed E-state index contributed by atoms with van der Waals surface area (Å²) in [6.45, 7) is 14.0. The topological polar surface area (TPSA) is 62.3 Å². The normalized spacial score (nSPS) is 11.8. The average molecular weight is 548 g/mol. The molecule has 5 rings (SSSR count). The Balaban J connectivity index is 1.53. The van der Waals surface area contributed by atoms with Gasteiger partial charge in [-0.2, -0.15) is 0 Å². The van der Waals surface area contributed by atoms with Gasteiger partial charge in [0.25, 0.3) is 0 Å². The van der Waals surface area contributed by atoms with Gasteiger partial charge in [0.1, 0.15) is 11.4 Å². The first-order chi connectivity index (χ1) is 19.7. The molecule has 0 aliphatic carbocycles. The molecule has 0 bridgehead atoms. The first kappa shape index (κ1) is 28.5. The Morgan fingerprint density at radius 1 is 0.805 bits per heavy atom. The van der Waals surface area contributed by atoms with E-state index in [2.05, 4.69) is 95.1 Å². The van der Waals surface area contributed by atoms with E-state index in [9.17, 15) is 9.90 Å². The van der Waals surface area contributed by atoms with Crippen molar-refractivity contribution < 1.29 is 14.6 Å². The van der Waals surface area contributed by atoms with Crippen LogP contribution in [0.4, 0.5) is 0 Å². The molecule has 2 N–H and O–H groups in total. The molecule has 0 saturated carbocycles. The minimum atomic E-state index is -0.930. The van der Waals surface area contributed by atoms with Crippen molar-refractivity contribution in [1.29, 1.82) is 0 Å². The quantitative estimate of drug-likeness (QED) is 0.171. The highest BCUT2D eigenvalue weighted by Crippen LogP contribution is 2.42. The molecule has 4 nitrogen and oxygen atoms in total. The van der Waals surface area contributed by atoms with Gasteiger partial charge in [-0.3, -0.25) is 0 Å². The molecular formula is C37H41NO3. The van der Waals surface area contributed by atoms with Crippen LogP contribution in [0.2, 0.25) is 0 Å². The smallest absolute Gasteiger partial charge is 0.352 e. The van der Waals surface area contributed by atoms with E-state index in [4.69, 9.17) is 4.74 Å². The van der Waals surface area contributed by atoms with Crippen LogP contribution in [0.25, 0.3) is 32.8 Å². The molecule has 0 unspecified atom stereocenters. The summed E-state index contributed by atoms with van der Waals surface area (Å²) in [5.41, 5.74) is 8.28. The highest BCUT2D eigenvalue weighted by molar-refractivity contribution is 6.04. The molecule has 0 fully saturated rings. The summed E-state index contributed by atoms with van der Waals surface area (Å²) in [4.78, 5) is 15.8. The molecule has 1 aromatic heterocycles. The standard InChI is InChI=1S/C37H41NO3/c1-22(2)26-20-31(23(3)4)34(32(21-26)24(5)6)30-16-10-15-28-29(36(37(39)40)38-35(28)30)17-11-19-41-33-18-9-13-25-12-7-8-14-27(25)33/h7-10,12-16,18,20-24,38H,11,17,19H2,1-6H3,(H,39,40). The number of para-hydroxylation sites is 1. The Labute approximate surface area is 243 Å². The second-order valence-electron chi connectivity index (χ2n) is 12.0. The number of aryl methyl sites for hydroxylation is 1. The minimum absolute atomic E-state index is 0.272. The summed E-state index contributed by atoms with van der Waals surface area (Å²) in [7, 11) is 0. The maximum atomic E-state index is 12.4. The molecule has 0 amide bonds. The Morgan fingerprint density at radius 3 is 2.10 bits per heavy atom. The Morgan fingerprint density at radius 2 is 1.44 bits per heavy atom. The lowest BCUT2D eigenvalue weighted by Gasteiger charge is -2.23. The first-order valence-corrected chi connectivity index (χ1v) is 14.8. The van der Waals surface area contributed by atoms with Gasteiger partial charge < -0.3 is 14.8 Å². The third kappa shape index (κ3) is 5.61. The molecule has 0 radical (unpaired) electrons. The number of hydrogen-bond donors (Lipinski definition) is 2. The number of benzene rings is 4. The molecular weight excluding hydrogens is 506 g/mol. The molecule has 4 aromatic carbocycles. The number of aromatic carboxylic acids is 1. The van der Waals surface area contributed by atoms with E-state index >= 15 is 0 Å². The van der Waals surface area contributed by atoms with Crippen molar-refractivity contribution >= 4 is 27.6 Å². The fraction of sp³-hybridized carbons (Fsp3) is 0.324. The van der Waals surface area contributed by atoms with E-state index in [1.165, 1.54) is 22.3 Å². The van der Waals surface area contributed by atoms with Crippen LogP contribution in [-0.2, 0) is 6.42 Å². The van der Waals surface area contributed by atoms with Gasteiger partial charge in [-0.15, -0.1) is 0 Å². The van der Waals surface area contributed by atoms with Crippen LogP contribution < -0.4 is 4.74 Å². The van der Waals surface area contributed by atoms with Crippen LogP contribution in [-0.4, -0.2) is 22.7 Å². The van der Waals surface area contributed by atoms with Crippen molar-refractivity contribution in [2.24, 2.45) is 0 Å². The van der Waals surface area contributed by atoms with Crippen LogP contribution in [0, 0.1) is 0 Å². The number of ether oxygens (including phenoxy) is 1. The lowest BCUT2D eigenvalue weighted by Crippen LogP contribution is -2.04. The van der Waals surface area contributed by atoms with Gasteiger partial charge >= 0.3 is 5.97 Å². The van der Waals surface area contributed by atoms with Crippen molar-refractivity contribution in [2.75, 3.05) is 6.61 Å². The fourth-order valence-corrected chi connectivity index (χ4v) is 5.94. The van der Waals surface area contributed by atoms with Gasteiger partial charge in [0.15, 0.2) is 0 Å². The molecule has 212 valence electrons. The zero-order chi connectivity index (χ0) is 29.3. The van der Waals surface area contributed by atoms with Crippen molar-refractivity contribution in [3.05, 3.63) is 101 Å². The number of hydrogen-bond acceptors (Lipinski definition) is 2. The summed E-state index contributed by atoms with van der Waals surface area (Å²) in [6, 6.07) is 25.2. The number of nitrogens with one attached hydrogen (secondary N) is 1. The maximum Gasteiger partial charge on any atom is 0.352 e. The van der Waals surface area contributed by atoms with Gasteiger partial charge in [0.05, 0.1) is 12.1 Å². The van der Waals surface area contributed by atoms with E-state index in [0.717, 1.165) is 38.6 Å². The van der Waals surface area contributed by atoms with Crippen molar-refractivity contribution in [3.63, 3.8) is 0 Å². The van der Waals surface area contributed by atoms with Crippen LogP contribution >= 0.6 is 0 Å². The average Bonchev–Trinajstić information content (AvgIpc) is 3.33. The first-order valence-electron chi connectivity index (χ1n) is 14.8. The lowest BCUT2D eigenvalue weighted by atomic mass is 9.81. The van der Waals surface area contributed by atoms with E-state index in [0.29, 0.717) is 37.2 Å². The summed E-state index contributed by atoms with van der Waals surface area (Å²) >= 11 is 0. The zero-order valence-electron chi connectivity index (χ0n) is 25.0. The van der Waals surface area contributed by atoms with Gasteiger partial charge in [-0.25, -0.2) is 4.79 Å². The van der Waals surface area contributed by atoms with Crippen molar-refractivity contribution in [3.8, 4) is 16.9 Å². The fourth-order valence-electron chi connectivity index (χ4n) is 5.94. The van der Waals surface area contributed by atoms with Crippen LogP contribution in [0.1, 0.15) is 98.5 Å². The minimum Gasteiger partial charge on any atom is -0.493 e. The number of fused-ring (bicyclic) bond motifs is 2. The number of H-pyrrole nitrogens is 1. The highest BCUT2D eigenvalue weighted by Gasteiger charge is 2.23. The van der Waals surface area contributed by atoms with E-state index in [-0.39, 0.29) is 5.69 Å². The van der Waals surface area contributed by atoms with E-state index in [1.54, 1.807) is 0 Å². The van der Waals surface area contributed by atoms with E-state index < -0.39 is 5.97 Å².